The molecule has 1 aromatic heterocycles. The number of rotatable bonds is 2. The summed E-state index contributed by atoms with van der Waals surface area (Å²) in [5, 5.41) is 5.99. The third-order valence-electron chi connectivity index (χ3n) is 6.56. The molecule has 4 heterocycles. The maximum Gasteiger partial charge on any atom is 0.276 e. The quantitative estimate of drug-likeness (QED) is 0.678. The molecule has 2 fully saturated rings. The molecule has 0 aliphatic carbocycles. The molecule has 172 valence electrons. The number of hydrogen-bond acceptors (Lipinski definition) is 7. The molecule has 0 radical (unpaired) electrons. The molecule has 3 aliphatic rings. The molecule has 5 rings (SSSR count). The van der Waals surface area contributed by atoms with Crippen LogP contribution in [0.1, 0.15) is 41.7 Å². The Labute approximate surface area is 189 Å². The molecular formula is C23H24N4O6. The van der Waals surface area contributed by atoms with Crippen LogP contribution in [0.15, 0.2) is 41.1 Å². The van der Waals surface area contributed by atoms with Gasteiger partial charge in [-0.1, -0.05) is 23.4 Å². The Morgan fingerprint density at radius 2 is 1.76 bits per heavy atom. The Kier molecular flexibility index (Phi) is 5.35. The number of aromatic nitrogens is 1. The molecule has 0 saturated carbocycles. The van der Waals surface area contributed by atoms with Gasteiger partial charge in [-0.2, -0.15) is 0 Å². The number of fused-ring (bicyclic) bond motifs is 1. The Morgan fingerprint density at radius 1 is 1.03 bits per heavy atom. The summed E-state index contributed by atoms with van der Waals surface area (Å²) in [6.07, 6.45) is 2.41. The van der Waals surface area contributed by atoms with Crippen molar-refractivity contribution in [1.29, 1.82) is 0 Å². The Hall–Kier alpha value is -3.69. The fourth-order valence-electron chi connectivity index (χ4n) is 4.84. The Morgan fingerprint density at radius 3 is 2.45 bits per heavy atom. The zero-order valence-electron chi connectivity index (χ0n) is 18.0. The number of carbonyl (C=O) groups excluding carboxylic acids is 4. The van der Waals surface area contributed by atoms with Crippen LogP contribution in [-0.2, 0) is 20.9 Å². The number of benzene rings is 1. The second kappa shape index (κ2) is 8.34. The second-order valence-electron chi connectivity index (χ2n) is 8.84. The second-order valence-corrected chi connectivity index (χ2v) is 8.84. The number of piperidine rings is 2. The topological polar surface area (TPSA) is 122 Å². The van der Waals surface area contributed by atoms with Crippen molar-refractivity contribution in [3.05, 3.63) is 47.9 Å². The highest BCUT2D eigenvalue weighted by Crippen LogP contribution is 2.36. The van der Waals surface area contributed by atoms with Crippen LogP contribution in [0.5, 0.6) is 5.75 Å². The van der Waals surface area contributed by atoms with Gasteiger partial charge in [0.2, 0.25) is 17.7 Å². The zero-order valence-corrected chi connectivity index (χ0v) is 18.0. The van der Waals surface area contributed by atoms with Crippen molar-refractivity contribution >= 4 is 23.6 Å². The van der Waals surface area contributed by atoms with Crippen LogP contribution in [-0.4, -0.2) is 63.8 Å². The van der Waals surface area contributed by atoms with Gasteiger partial charge in [-0.3, -0.25) is 24.5 Å². The average molecular weight is 452 g/mol. The molecule has 0 bridgehead atoms. The van der Waals surface area contributed by atoms with Crippen LogP contribution in [0, 0.1) is 5.92 Å². The molecule has 0 unspecified atom stereocenters. The highest BCUT2D eigenvalue weighted by atomic mass is 16.5. The summed E-state index contributed by atoms with van der Waals surface area (Å²) in [5.41, 5.74) is 0.453. The largest absolute Gasteiger partial charge is 0.485 e. The minimum atomic E-state index is -0.678. The number of nitrogens with zero attached hydrogens (tertiary/aromatic N) is 3. The smallest absolute Gasteiger partial charge is 0.276 e. The van der Waals surface area contributed by atoms with Gasteiger partial charge in [-0.15, -0.1) is 0 Å². The number of hydrogen-bond donors (Lipinski definition) is 1. The number of para-hydroxylation sites is 1. The van der Waals surface area contributed by atoms with Crippen molar-refractivity contribution in [1.82, 2.24) is 20.3 Å². The van der Waals surface area contributed by atoms with E-state index in [0.29, 0.717) is 44.8 Å². The van der Waals surface area contributed by atoms with Gasteiger partial charge in [-0.05, 0) is 6.07 Å². The van der Waals surface area contributed by atoms with Crippen LogP contribution in [0.25, 0.3) is 0 Å². The van der Waals surface area contributed by atoms with Gasteiger partial charge in [0.1, 0.15) is 17.6 Å². The first-order valence-electron chi connectivity index (χ1n) is 11.0. The van der Waals surface area contributed by atoms with Crippen LogP contribution < -0.4 is 10.1 Å². The van der Waals surface area contributed by atoms with Crippen LogP contribution in [0.3, 0.4) is 0 Å². The predicted molar refractivity (Wildman–Crippen MR) is 113 cm³/mol. The van der Waals surface area contributed by atoms with Crippen LogP contribution in [0.2, 0.25) is 0 Å². The number of imide groups is 1. The number of likely N-dealkylation sites (tertiary alicyclic amines) is 1. The first kappa shape index (κ1) is 21.2. The summed E-state index contributed by atoms with van der Waals surface area (Å²) in [7, 11) is 0. The molecule has 10 heteroatoms. The maximum absolute atomic E-state index is 13.4. The minimum Gasteiger partial charge on any atom is -0.485 e. The summed E-state index contributed by atoms with van der Waals surface area (Å²) in [5.74, 6) is -1.24. The molecule has 1 N–H and O–H groups in total. The summed E-state index contributed by atoms with van der Waals surface area (Å²) in [4.78, 5) is 53.2. The van der Waals surface area contributed by atoms with E-state index in [0.717, 1.165) is 5.56 Å². The normalized spacial score (nSPS) is 20.6. The maximum atomic E-state index is 13.4. The summed E-state index contributed by atoms with van der Waals surface area (Å²) in [6, 6.07) is 9.11. The number of amides is 4. The van der Waals surface area contributed by atoms with E-state index in [4.69, 9.17) is 9.26 Å². The first-order chi connectivity index (χ1) is 15.9. The van der Waals surface area contributed by atoms with E-state index in [9.17, 15) is 19.2 Å². The van der Waals surface area contributed by atoms with Gasteiger partial charge < -0.3 is 19.1 Å². The van der Waals surface area contributed by atoms with Gasteiger partial charge in [-0.25, -0.2) is 0 Å². The SMILES string of the molecule is O=C1CC(C(=O)N2Cc3ccccc3OC3(CCN(C(=O)c4ccon4)CC3)C2)CC(=O)N1. The Balaban J connectivity index is 1.37. The van der Waals surface area contributed by atoms with Crippen molar-refractivity contribution in [3.63, 3.8) is 0 Å². The molecule has 1 spiro atoms. The standard InChI is InChI=1S/C23H24N4O6/c28-19-11-16(12-20(29)24-19)21(30)27-13-15-3-1-2-4-18(15)33-23(14-27)6-8-26(9-7-23)22(31)17-5-10-32-25-17/h1-5,10,16H,6-9,11-14H2,(H,24,28,29). The summed E-state index contributed by atoms with van der Waals surface area (Å²) < 4.78 is 11.3. The third-order valence-corrected chi connectivity index (χ3v) is 6.56. The van der Waals surface area contributed by atoms with E-state index in [1.54, 1.807) is 9.80 Å². The molecule has 1 aromatic carbocycles. The van der Waals surface area contributed by atoms with Gasteiger partial charge in [0.25, 0.3) is 5.91 Å². The fourth-order valence-corrected chi connectivity index (χ4v) is 4.84. The van der Waals surface area contributed by atoms with E-state index >= 15 is 0 Å². The van der Waals surface area contributed by atoms with Gasteiger partial charge in [0, 0.05) is 56.9 Å². The molecule has 0 atom stereocenters. The average Bonchev–Trinajstić information content (AvgIpc) is 3.28. The fraction of sp³-hybridized carbons (Fsp3) is 0.435. The highest BCUT2D eigenvalue weighted by molar-refractivity contribution is 6.02. The molecule has 2 aromatic rings. The number of carbonyl (C=O) groups is 4. The van der Waals surface area contributed by atoms with Crippen LogP contribution >= 0.6 is 0 Å². The lowest BCUT2D eigenvalue weighted by atomic mass is 9.89. The van der Waals surface area contributed by atoms with E-state index in [1.165, 1.54) is 12.3 Å². The lowest BCUT2D eigenvalue weighted by molar-refractivity contribution is -0.147. The third kappa shape index (κ3) is 4.20. The van der Waals surface area contributed by atoms with E-state index in [1.807, 2.05) is 24.3 Å². The lowest BCUT2D eigenvalue weighted by Gasteiger charge is -2.43. The van der Waals surface area contributed by atoms with Crippen molar-refractivity contribution < 1.29 is 28.4 Å². The molecule has 4 amide bonds. The molecule has 10 nitrogen and oxygen atoms in total. The highest BCUT2D eigenvalue weighted by Gasteiger charge is 2.44. The first-order valence-corrected chi connectivity index (χ1v) is 11.0. The van der Waals surface area contributed by atoms with Crippen LogP contribution in [0.4, 0.5) is 0 Å². The predicted octanol–water partition coefficient (Wildman–Crippen LogP) is 1.12. The van der Waals surface area contributed by atoms with Crippen molar-refractivity contribution in [3.8, 4) is 5.75 Å². The van der Waals surface area contributed by atoms with Gasteiger partial charge in [0.05, 0.1) is 12.5 Å². The van der Waals surface area contributed by atoms with E-state index in [2.05, 4.69) is 10.5 Å². The molecule has 2 saturated heterocycles. The summed E-state index contributed by atoms with van der Waals surface area (Å²) >= 11 is 0. The Bertz CT molecular complexity index is 1070. The van der Waals surface area contributed by atoms with E-state index < -0.39 is 23.3 Å². The lowest BCUT2D eigenvalue weighted by Crippen LogP contribution is -2.56. The van der Waals surface area contributed by atoms with Crippen molar-refractivity contribution in [2.24, 2.45) is 5.92 Å². The van der Waals surface area contributed by atoms with E-state index in [-0.39, 0.29) is 30.3 Å². The molecule has 33 heavy (non-hydrogen) atoms. The molecule has 3 aliphatic heterocycles. The molecular weight excluding hydrogens is 428 g/mol. The number of nitrogens with one attached hydrogen (secondary N) is 1. The van der Waals surface area contributed by atoms with Crippen molar-refractivity contribution in [2.75, 3.05) is 19.6 Å². The van der Waals surface area contributed by atoms with Gasteiger partial charge in [0.15, 0.2) is 5.69 Å². The monoisotopic (exact) mass is 452 g/mol. The summed E-state index contributed by atoms with van der Waals surface area (Å²) in [6.45, 7) is 1.55. The number of ether oxygens (including phenoxy) is 1. The van der Waals surface area contributed by atoms with Crippen molar-refractivity contribution in [2.45, 2.75) is 37.8 Å². The zero-order chi connectivity index (χ0) is 23.0. The van der Waals surface area contributed by atoms with Gasteiger partial charge >= 0.3 is 0 Å². The minimum absolute atomic E-state index is 0.00342.